The van der Waals surface area contributed by atoms with Crippen LogP contribution in [0.15, 0.2) is 0 Å². The van der Waals surface area contributed by atoms with Crippen molar-refractivity contribution in [2.75, 3.05) is 0 Å². The van der Waals surface area contributed by atoms with Crippen LogP contribution in [0.1, 0.15) is 92.4 Å². The average Bonchev–Trinajstić information content (AvgIpc) is 2.92. The second kappa shape index (κ2) is 6.61. The molecule has 4 aliphatic rings. The summed E-state index contributed by atoms with van der Waals surface area (Å²) >= 11 is 0. The van der Waals surface area contributed by atoms with Crippen LogP contribution >= 0.6 is 0 Å². The monoisotopic (exact) mass is 360 g/mol. The summed E-state index contributed by atoms with van der Waals surface area (Å²) in [6.07, 6.45) is 12.7. The van der Waals surface area contributed by atoms with E-state index >= 15 is 0 Å². The third kappa shape index (κ3) is 2.81. The van der Waals surface area contributed by atoms with Gasteiger partial charge in [-0.2, -0.15) is 0 Å². The van der Waals surface area contributed by atoms with E-state index in [1.807, 2.05) is 6.92 Å². The molecule has 2 nitrogen and oxygen atoms in total. The van der Waals surface area contributed by atoms with Gasteiger partial charge in [-0.3, -0.25) is 4.79 Å². The van der Waals surface area contributed by atoms with Crippen molar-refractivity contribution in [1.29, 1.82) is 0 Å². The van der Waals surface area contributed by atoms with Gasteiger partial charge in [0.25, 0.3) is 0 Å². The summed E-state index contributed by atoms with van der Waals surface area (Å²) in [7, 11) is 0. The lowest BCUT2D eigenvalue weighted by Crippen LogP contribution is -2.54. The van der Waals surface area contributed by atoms with Gasteiger partial charge in [-0.1, -0.05) is 13.8 Å². The topological polar surface area (TPSA) is 26.3 Å². The zero-order valence-corrected chi connectivity index (χ0v) is 17.7. The van der Waals surface area contributed by atoms with Gasteiger partial charge in [-0.05, 0) is 113 Å². The number of hydrogen-bond acceptors (Lipinski definition) is 2. The predicted octanol–water partition coefficient (Wildman–Crippen LogP) is 6.03. The number of Topliss-reactive ketones (excluding diaryl/α,β-unsaturated/α-hetero) is 1. The van der Waals surface area contributed by atoms with Crippen LogP contribution in [0.4, 0.5) is 0 Å². The highest BCUT2D eigenvalue weighted by Gasteiger charge is 2.60. The summed E-state index contributed by atoms with van der Waals surface area (Å²) in [6, 6.07) is 0. The van der Waals surface area contributed by atoms with Crippen LogP contribution in [0, 0.1) is 40.4 Å². The normalized spacial score (nSPS) is 50.8. The van der Waals surface area contributed by atoms with Crippen LogP contribution in [-0.4, -0.2) is 18.0 Å². The van der Waals surface area contributed by atoms with Gasteiger partial charge in [0.1, 0.15) is 5.78 Å². The number of carbonyl (C=O) groups is 1. The van der Waals surface area contributed by atoms with E-state index in [0.717, 1.165) is 30.1 Å². The highest BCUT2D eigenvalue weighted by molar-refractivity contribution is 5.79. The smallest absolute Gasteiger partial charge is 0.133 e. The van der Waals surface area contributed by atoms with Crippen LogP contribution in [0.5, 0.6) is 0 Å². The van der Waals surface area contributed by atoms with Gasteiger partial charge in [0, 0.05) is 5.92 Å². The molecule has 0 aromatic rings. The van der Waals surface area contributed by atoms with E-state index in [4.69, 9.17) is 4.74 Å². The third-order valence-corrected chi connectivity index (χ3v) is 9.57. The van der Waals surface area contributed by atoms with Crippen molar-refractivity contribution >= 4 is 5.78 Å². The summed E-state index contributed by atoms with van der Waals surface area (Å²) in [5.41, 5.74) is 0.823. The summed E-state index contributed by atoms with van der Waals surface area (Å²) in [5.74, 6) is 4.23. The van der Waals surface area contributed by atoms with Crippen molar-refractivity contribution in [1.82, 2.24) is 0 Å². The predicted molar refractivity (Wildman–Crippen MR) is 106 cm³/mol. The van der Waals surface area contributed by atoms with Crippen molar-refractivity contribution in [3.8, 4) is 0 Å². The van der Waals surface area contributed by atoms with E-state index in [0.29, 0.717) is 34.7 Å². The van der Waals surface area contributed by atoms with E-state index in [1.165, 1.54) is 51.4 Å². The molecule has 0 aromatic heterocycles. The Hall–Kier alpha value is -0.370. The Balaban J connectivity index is 1.53. The van der Waals surface area contributed by atoms with Crippen molar-refractivity contribution in [3.63, 3.8) is 0 Å². The molecule has 0 aromatic carbocycles. The van der Waals surface area contributed by atoms with E-state index in [-0.39, 0.29) is 0 Å². The van der Waals surface area contributed by atoms with Crippen LogP contribution < -0.4 is 0 Å². The molecule has 0 unspecified atom stereocenters. The Kier molecular flexibility index (Phi) is 4.82. The van der Waals surface area contributed by atoms with E-state index < -0.39 is 0 Å². The van der Waals surface area contributed by atoms with Crippen LogP contribution in [0.25, 0.3) is 0 Å². The molecule has 0 spiro atoms. The van der Waals surface area contributed by atoms with Gasteiger partial charge in [0.05, 0.1) is 12.2 Å². The molecule has 4 aliphatic carbocycles. The first-order chi connectivity index (χ1) is 12.3. The van der Waals surface area contributed by atoms with Crippen molar-refractivity contribution in [3.05, 3.63) is 0 Å². The molecule has 0 aliphatic heterocycles. The molecule has 4 rings (SSSR count). The second-order valence-corrected chi connectivity index (χ2v) is 11.0. The van der Waals surface area contributed by atoms with Crippen molar-refractivity contribution < 1.29 is 9.53 Å². The largest absolute Gasteiger partial charge is 0.376 e. The molecule has 0 bridgehead atoms. The number of ketones is 1. The number of fused-ring (bicyclic) bond motifs is 5. The van der Waals surface area contributed by atoms with Crippen molar-refractivity contribution in [2.24, 2.45) is 40.4 Å². The quantitative estimate of drug-likeness (QED) is 0.614. The Morgan fingerprint density at radius 3 is 2.31 bits per heavy atom. The summed E-state index contributed by atoms with van der Waals surface area (Å²) < 4.78 is 6.21. The zero-order chi connectivity index (χ0) is 18.7. The fraction of sp³-hybridized carbons (Fsp3) is 0.958. The first-order valence-corrected chi connectivity index (χ1v) is 11.4. The summed E-state index contributed by atoms with van der Waals surface area (Å²) in [4.78, 5) is 12.3. The molecule has 2 heteroatoms. The van der Waals surface area contributed by atoms with Gasteiger partial charge in [-0.25, -0.2) is 0 Å². The average molecular weight is 361 g/mol. The van der Waals surface area contributed by atoms with Crippen molar-refractivity contribution in [2.45, 2.75) is 105 Å². The third-order valence-electron chi connectivity index (χ3n) is 9.57. The Morgan fingerprint density at radius 2 is 1.62 bits per heavy atom. The number of hydrogen-bond donors (Lipinski definition) is 0. The zero-order valence-electron chi connectivity index (χ0n) is 17.7. The standard InChI is InChI=1S/C24H40O2/c1-15(2)26-18-10-12-23(4)17(14-18)6-7-19-21-9-8-20(16(3)25)24(21,5)13-11-22(19)23/h15,17-22H,6-14H2,1-5H3/t17-,18+,19-,20+,21-,22-,23-,24+/m0/s1. The number of carbonyl (C=O) groups excluding carboxylic acids is 1. The van der Waals surface area contributed by atoms with Gasteiger partial charge >= 0.3 is 0 Å². The molecule has 0 heterocycles. The lowest BCUT2D eigenvalue weighted by atomic mass is 9.44. The summed E-state index contributed by atoms with van der Waals surface area (Å²) in [5, 5.41) is 0. The van der Waals surface area contributed by atoms with E-state index in [1.54, 1.807) is 0 Å². The Labute approximate surface area is 160 Å². The fourth-order valence-electron chi connectivity index (χ4n) is 8.40. The van der Waals surface area contributed by atoms with Gasteiger partial charge in [0.15, 0.2) is 0 Å². The Bertz CT molecular complexity index is 554. The second-order valence-electron chi connectivity index (χ2n) is 11.0. The highest BCUT2D eigenvalue weighted by Crippen LogP contribution is 2.67. The minimum atomic E-state index is 0.300. The maximum atomic E-state index is 12.3. The maximum Gasteiger partial charge on any atom is 0.133 e. The number of ether oxygens (including phenoxy) is 1. The maximum absolute atomic E-state index is 12.3. The first-order valence-electron chi connectivity index (χ1n) is 11.4. The van der Waals surface area contributed by atoms with Gasteiger partial charge in [0.2, 0.25) is 0 Å². The minimum Gasteiger partial charge on any atom is -0.376 e. The highest BCUT2D eigenvalue weighted by atomic mass is 16.5. The van der Waals surface area contributed by atoms with Crippen LogP contribution in [-0.2, 0) is 9.53 Å². The molecular formula is C24H40O2. The molecule has 4 saturated carbocycles. The lowest BCUT2D eigenvalue weighted by Gasteiger charge is -2.61. The van der Waals surface area contributed by atoms with Crippen LogP contribution in [0.2, 0.25) is 0 Å². The van der Waals surface area contributed by atoms with Crippen LogP contribution in [0.3, 0.4) is 0 Å². The molecule has 0 radical (unpaired) electrons. The molecule has 4 fully saturated rings. The van der Waals surface area contributed by atoms with E-state index in [9.17, 15) is 4.79 Å². The SMILES string of the molecule is CC(=O)[C@H]1CC[C@H]2[C@@H]3CC[C@H]4C[C@H](OC(C)C)CC[C@]4(C)[C@H]3CC[C@]12C. The molecule has 148 valence electrons. The van der Waals surface area contributed by atoms with E-state index in [2.05, 4.69) is 27.7 Å². The molecule has 0 amide bonds. The minimum absolute atomic E-state index is 0.300. The molecule has 26 heavy (non-hydrogen) atoms. The fourth-order valence-corrected chi connectivity index (χ4v) is 8.40. The molecule has 8 atom stereocenters. The molecular weight excluding hydrogens is 320 g/mol. The first kappa shape index (κ1) is 19.0. The van der Waals surface area contributed by atoms with Gasteiger partial charge < -0.3 is 4.74 Å². The Morgan fingerprint density at radius 1 is 0.923 bits per heavy atom. The molecule has 0 N–H and O–H groups in total. The summed E-state index contributed by atoms with van der Waals surface area (Å²) in [6.45, 7) is 11.3. The lowest BCUT2D eigenvalue weighted by molar-refractivity contribution is -0.145. The van der Waals surface area contributed by atoms with Gasteiger partial charge in [-0.15, -0.1) is 0 Å². The number of rotatable bonds is 3. The molecule has 0 saturated heterocycles.